The maximum absolute atomic E-state index is 11.5. The highest BCUT2D eigenvalue weighted by molar-refractivity contribution is 5.91. The predicted octanol–water partition coefficient (Wildman–Crippen LogP) is 5.23. The van der Waals surface area contributed by atoms with Crippen LogP contribution >= 0.6 is 0 Å². The number of carbonyl (C=O) groups excluding carboxylic acids is 2. The molecule has 0 N–H and O–H groups in total. The molecule has 1 aromatic carbocycles. The number of benzene rings is 1. The third-order valence-corrected chi connectivity index (χ3v) is 3.69. The van der Waals surface area contributed by atoms with Crippen molar-refractivity contribution in [1.29, 1.82) is 0 Å². The first kappa shape index (κ1) is 26.4. The summed E-state index contributed by atoms with van der Waals surface area (Å²) in [6, 6.07) is 7.74. The molecule has 30 heavy (non-hydrogen) atoms. The van der Waals surface area contributed by atoms with Gasteiger partial charge in [0, 0.05) is 6.42 Å². The smallest absolute Gasteiger partial charge is 0.337 e. The van der Waals surface area contributed by atoms with Gasteiger partial charge in [0.1, 0.15) is 12.9 Å². The summed E-state index contributed by atoms with van der Waals surface area (Å²) in [5.41, 5.74) is 3.92. The van der Waals surface area contributed by atoms with Crippen molar-refractivity contribution in [2.24, 2.45) is 0 Å². The summed E-state index contributed by atoms with van der Waals surface area (Å²) in [7, 11) is 1.32. The summed E-state index contributed by atoms with van der Waals surface area (Å²) < 4.78 is 10.2. The molecule has 1 rings (SSSR count). The molecule has 0 unspecified atom stereocenters. The lowest BCUT2D eigenvalue weighted by molar-refractivity contribution is -0.135. The van der Waals surface area contributed by atoms with Crippen LogP contribution in [0.4, 0.5) is 0 Å². The monoisotopic (exact) mass is 406 g/mol. The zero-order chi connectivity index (χ0) is 22.8. The van der Waals surface area contributed by atoms with Crippen LogP contribution in [-0.2, 0) is 25.5 Å². The Morgan fingerprint density at radius 3 is 2.57 bits per heavy atom. The average Bonchev–Trinajstić information content (AvgIpc) is 2.74. The first-order valence-electron chi connectivity index (χ1n) is 9.40. The molecule has 0 aliphatic heterocycles. The van der Waals surface area contributed by atoms with E-state index in [0.29, 0.717) is 13.0 Å². The Balaban J connectivity index is 0.00000263. The summed E-state index contributed by atoms with van der Waals surface area (Å²) in [5, 5.41) is 0. The van der Waals surface area contributed by atoms with Crippen molar-refractivity contribution in [1.82, 2.24) is 0 Å². The van der Waals surface area contributed by atoms with Crippen LogP contribution in [0.5, 0.6) is 0 Å². The van der Waals surface area contributed by atoms with E-state index < -0.39 is 5.97 Å². The summed E-state index contributed by atoms with van der Waals surface area (Å²) in [4.78, 5) is 22.2. The quantitative estimate of drug-likeness (QED) is 0.102. The van der Waals surface area contributed by atoms with Gasteiger partial charge in [0.25, 0.3) is 0 Å². The summed E-state index contributed by atoms with van der Waals surface area (Å²) in [5.74, 6) is 1.78. The van der Waals surface area contributed by atoms with Crippen molar-refractivity contribution in [2.75, 3.05) is 13.7 Å². The van der Waals surface area contributed by atoms with Crippen LogP contribution in [0, 0.1) is 12.3 Å². The molecule has 0 amide bonds. The molecule has 4 nitrogen and oxygen atoms in total. The first-order valence-corrected chi connectivity index (χ1v) is 9.40. The second-order valence-electron chi connectivity index (χ2n) is 6.01. The van der Waals surface area contributed by atoms with Gasteiger partial charge in [-0.05, 0) is 55.2 Å². The number of carbonyl (C=O) groups is 2. The Hall–Kier alpha value is -3.58. The standard InChI is InChI=1S/C23H26O4.C3H4/c1-5-9-22(16-18(2)23(25)26-4)19(3)17-27-15-8-12-20-10-6-7-11-21(20)13-14-24;1-3-2/h5-12,14,16-17H,2,13,15H2,1,3-4H3;1H,2H3/b9-5-,12-8-,19-17+,22-16+;. The number of methoxy groups -OCH3 is 1. The molecule has 0 fully saturated rings. The minimum Gasteiger partial charge on any atom is -0.497 e. The maximum Gasteiger partial charge on any atom is 0.337 e. The lowest BCUT2D eigenvalue weighted by atomic mass is 10.0. The van der Waals surface area contributed by atoms with Gasteiger partial charge in [0.2, 0.25) is 0 Å². The number of allylic oxidation sites excluding steroid dienone is 4. The van der Waals surface area contributed by atoms with Crippen LogP contribution in [0.25, 0.3) is 6.08 Å². The Bertz CT molecular complexity index is 861. The number of terminal acetylenes is 1. The largest absolute Gasteiger partial charge is 0.497 e. The van der Waals surface area contributed by atoms with E-state index in [1.165, 1.54) is 7.11 Å². The molecule has 0 atom stereocenters. The predicted molar refractivity (Wildman–Crippen MR) is 124 cm³/mol. The molecule has 0 saturated heterocycles. The molecule has 0 saturated carbocycles. The molecule has 0 bridgehead atoms. The minimum absolute atomic E-state index is 0.269. The van der Waals surface area contributed by atoms with Crippen molar-refractivity contribution in [2.45, 2.75) is 27.2 Å². The molecule has 0 radical (unpaired) electrons. The highest BCUT2D eigenvalue weighted by Gasteiger charge is 2.05. The molecule has 0 aliphatic rings. The van der Waals surface area contributed by atoms with Crippen molar-refractivity contribution in [3.05, 3.63) is 89.3 Å². The van der Waals surface area contributed by atoms with Gasteiger partial charge in [-0.2, -0.15) is 0 Å². The Morgan fingerprint density at radius 2 is 1.97 bits per heavy atom. The van der Waals surface area contributed by atoms with Crippen molar-refractivity contribution >= 4 is 18.3 Å². The van der Waals surface area contributed by atoms with Crippen LogP contribution in [-0.4, -0.2) is 26.0 Å². The molecule has 0 aromatic heterocycles. The molecule has 4 heteroatoms. The third-order valence-electron chi connectivity index (χ3n) is 3.69. The molecule has 0 aliphatic carbocycles. The number of hydrogen-bond acceptors (Lipinski definition) is 4. The molecule has 158 valence electrons. The second kappa shape index (κ2) is 16.4. The summed E-state index contributed by atoms with van der Waals surface area (Å²) >= 11 is 0. The zero-order valence-corrected chi connectivity index (χ0v) is 18.2. The fraction of sp³-hybridized carbons (Fsp3) is 0.231. The second-order valence-corrected chi connectivity index (χ2v) is 6.01. The number of aldehydes is 1. The topological polar surface area (TPSA) is 52.6 Å². The van der Waals surface area contributed by atoms with E-state index in [1.807, 2.05) is 62.4 Å². The molecule has 0 spiro atoms. The lowest BCUT2D eigenvalue weighted by Crippen LogP contribution is -2.02. The van der Waals surface area contributed by atoms with Gasteiger partial charge in [-0.1, -0.05) is 49.1 Å². The van der Waals surface area contributed by atoms with Gasteiger partial charge < -0.3 is 14.3 Å². The van der Waals surface area contributed by atoms with Gasteiger partial charge in [-0.3, -0.25) is 0 Å². The van der Waals surface area contributed by atoms with Gasteiger partial charge in [-0.15, -0.1) is 12.3 Å². The van der Waals surface area contributed by atoms with Crippen LogP contribution in [0.15, 0.2) is 78.1 Å². The molecular weight excluding hydrogens is 376 g/mol. The van der Waals surface area contributed by atoms with Crippen LogP contribution < -0.4 is 0 Å². The van der Waals surface area contributed by atoms with Gasteiger partial charge in [0.15, 0.2) is 0 Å². The highest BCUT2D eigenvalue weighted by Crippen LogP contribution is 2.15. The van der Waals surface area contributed by atoms with E-state index >= 15 is 0 Å². The lowest BCUT2D eigenvalue weighted by Gasteiger charge is -2.05. The van der Waals surface area contributed by atoms with Crippen LogP contribution in [0.3, 0.4) is 0 Å². The van der Waals surface area contributed by atoms with Crippen LogP contribution in [0.2, 0.25) is 0 Å². The normalized spacial score (nSPS) is 11.4. The van der Waals surface area contributed by atoms with Crippen LogP contribution in [0.1, 0.15) is 31.9 Å². The van der Waals surface area contributed by atoms with E-state index in [1.54, 1.807) is 19.3 Å². The Morgan fingerprint density at radius 1 is 1.30 bits per heavy atom. The van der Waals surface area contributed by atoms with E-state index in [4.69, 9.17) is 4.74 Å². The Kier molecular flexibility index (Phi) is 14.4. The molecule has 1 aromatic rings. The average molecular weight is 407 g/mol. The number of hydrogen-bond donors (Lipinski definition) is 0. The zero-order valence-electron chi connectivity index (χ0n) is 18.2. The molecule has 0 heterocycles. The summed E-state index contributed by atoms with van der Waals surface area (Å²) in [6.07, 6.45) is 16.7. The van der Waals surface area contributed by atoms with E-state index in [9.17, 15) is 9.59 Å². The SMILES string of the molecule is C#CC.C=C(/C=C(\C=C/C)C(/C)=C/OC/C=C\c1ccccc1CC=O)C(=O)OC. The summed E-state index contributed by atoms with van der Waals surface area (Å²) in [6.45, 7) is 9.52. The minimum atomic E-state index is -0.470. The molecular formula is C26H30O4. The van der Waals surface area contributed by atoms with E-state index in [-0.39, 0.29) is 5.57 Å². The fourth-order valence-corrected chi connectivity index (χ4v) is 2.29. The van der Waals surface area contributed by atoms with Crippen molar-refractivity contribution < 1.29 is 19.1 Å². The van der Waals surface area contributed by atoms with Gasteiger partial charge >= 0.3 is 5.97 Å². The third kappa shape index (κ3) is 10.7. The Labute approximate surface area is 180 Å². The number of ether oxygens (including phenoxy) is 2. The van der Waals surface area contributed by atoms with E-state index in [2.05, 4.69) is 23.7 Å². The van der Waals surface area contributed by atoms with E-state index in [0.717, 1.165) is 28.6 Å². The number of esters is 1. The van der Waals surface area contributed by atoms with Gasteiger partial charge in [0.05, 0.1) is 18.9 Å². The highest BCUT2D eigenvalue weighted by atomic mass is 16.5. The van der Waals surface area contributed by atoms with Crippen molar-refractivity contribution in [3.63, 3.8) is 0 Å². The maximum atomic E-state index is 11.5. The first-order chi connectivity index (χ1) is 14.4. The number of rotatable bonds is 10. The van der Waals surface area contributed by atoms with Gasteiger partial charge in [-0.25, -0.2) is 4.79 Å². The fourth-order valence-electron chi connectivity index (χ4n) is 2.29. The van der Waals surface area contributed by atoms with Crippen molar-refractivity contribution in [3.8, 4) is 12.3 Å².